The average Bonchev–Trinajstić information content (AvgIpc) is 2.73. The number of hydrogen-bond donors (Lipinski definition) is 0. The monoisotopic (exact) mass is 287 g/mol. The van der Waals surface area contributed by atoms with Crippen LogP contribution in [0.15, 0.2) is 12.3 Å². The van der Waals surface area contributed by atoms with Crippen LogP contribution in [-0.2, 0) is 10.6 Å². The number of rotatable bonds is 5. The van der Waals surface area contributed by atoms with Gasteiger partial charge < -0.3 is 9.30 Å². The van der Waals surface area contributed by atoms with Gasteiger partial charge in [-0.3, -0.25) is 0 Å². The average molecular weight is 288 g/mol. The summed E-state index contributed by atoms with van der Waals surface area (Å²) in [7, 11) is 1.69. The molecule has 4 nitrogen and oxygen atoms in total. The SMILES string of the molecule is COCCC(C)n1c(CCl)nc2cc(Cl)cnc21. The van der Waals surface area contributed by atoms with Crippen LogP contribution in [0.25, 0.3) is 11.2 Å². The second-order valence-corrected chi connectivity index (χ2v) is 4.86. The lowest BCUT2D eigenvalue weighted by molar-refractivity contribution is 0.181. The molecule has 2 heterocycles. The molecule has 1 atom stereocenters. The highest BCUT2D eigenvalue weighted by molar-refractivity contribution is 6.31. The van der Waals surface area contributed by atoms with Crippen molar-refractivity contribution < 1.29 is 4.74 Å². The van der Waals surface area contributed by atoms with E-state index in [0.29, 0.717) is 17.5 Å². The third-order valence-electron chi connectivity index (χ3n) is 2.87. The molecule has 18 heavy (non-hydrogen) atoms. The highest BCUT2D eigenvalue weighted by atomic mass is 35.5. The van der Waals surface area contributed by atoms with Gasteiger partial charge in [0, 0.05) is 26.0 Å². The number of alkyl halides is 1. The third kappa shape index (κ3) is 2.60. The van der Waals surface area contributed by atoms with E-state index in [1.165, 1.54) is 0 Å². The number of nitrogens with zero attached hydrogens (tertiary/aromatic N) is 3. The van der Waals surface area contributed by atoms with Gasteiger partial charge in [0.05, 0.1) is 10.9 Å². The van der Waals surface area contributed by atoms with Crippen molar-refractivity contribution in [2.24, 2.45) is 0 Å². The third-order valence-corrected chi connectivity index (χ3v) is 3.32. The fraction of sp³-hybridized carbons (Fsp3) is 0.500. The van der Waals surface area contributed by atoms with Gasteiger partial charge in [-0.15, -0.1) is 11.6 Å². The first-order chi connectivity index (χ1) is 8.67. The Hall–Kier alpha value is -0.840. The molecule has 2 rings (SSSR count). The van der Waals surface area contributed by atoms with Crippen LogP contribution in [0.5, 0.6) is 0 Å². The molecular weight excluding hydrogens is 273 g/mol. The number of hydrogen-bond acceptors (Lipinski definition) is 3. The van der Waals surface area contributed by atoms with E-state index in [4.69, 9.17) is 27.9 Å². The first-order valence-electron chi connectivity index (χ1n) is 5.74. The molecule has 2 aromatic heterocycles. The Morgan fingerprint density at radius 2 is 2.28 bits per heavy atom. The van der Waals surface area contributed by atoms with Crippen LogP contribution in [0.1, 0.15) is 25.2 Å². The summed E-state index contributed by atoms with van der Waals surface area (Å²) >= 11 is 11.9. The van der Waals surface area contributed by atoms with E-state index in [1.807, 2.05) is 0 Å². The van der Waals surface area contributed by atoms with Crippen LogP contribution in [0.4, 0.5) is 0 Å². The molecule has 0 bridgehead atoms. The van der Waals surface area contributed by atoms with Crippen LogP contribution < -0.4 is 0 Å². The minimum atomic E-state index is 0.234. The van der Waals surface area contributed by atoms with E-state index < -0.39 is 0 Å². The van der Waals surface area contributed by atoms with Gasteiger partial charge in [0.2, 0.25) is 0 Å². The van der Waals surface area contributed by atoms with Crippen molar-refractivity contribution in [1.82, 2.24) is 14.5 Å². The van der Waals surface area contributed by atoms with Gasteiger partial charge in [0.15, 0.2) is 5.65 Å². The van der Waals surface area contributed by atoms with Crippen LogP contribution in [-0.4, -0.2) is 28.3 Å². The molecule has 0 saturated heterocycles. The second-order valence-electron chi connectivity index (χ2n) is 4.16. The van der Waals surface area contributed by atoms with E-state index in [-0.39, 0.29) is 6.04 Å². The largest absolute Gasteiger partial charge is 0.385 e. The molecule has 98 valence electrons. The molecule has 6 heteroatoms. The zero-order chi connectivity index (χ0) is 13.1. The Kier molecular flexibility index (Phi) is 4.43. The zero-order valence-corrected chi connectivity index (χ0v) is 11.9. The van der Waals surface area contributed by atoms with E-state index >= 15 is 0 Å². The zero-order valence-electron chi connectivity index (χ0n) is 10.4. The summed E-state index contributed by atoms with van der Waals surface area (Å²) < 4.78 is 7.16. The van der Waals surface area contributed by atoms with Gasteiger partial charge in [-0.2, -0.15) is 0 Å². The Bertz CT molecular complexity index is 541. The highest BCUT2D eigenvalue weighted by Crippen LogP contribution is 2.24. The standard InChI is InChI=1S/C12H15Cl2N3O/c1-8(3-4-18-2)17-11(6-13)16-10-5-9(14)7-15-12(10)17/h5,7-8H,3-4,6H2,1-2H3. The molecule has 0 aliphatic heterocycles. The number of methoxy groups -OCH3 is 1. The predicted molar refractivity (Wildman–Crippen MR) is 73.3 cm³/mol. The van der Waals surface area contributed by atoms with Gasteiger partial charge in [-0.05, 0) is 19.4 Å². The Morgan fingerprint density at radius 1 is 1.50 bits per heavy atom. The molecule has 0 saturated carbocycles. The molecule has 0 aliphatic carbocycles. The number of imidazole rings is 1. The normalized spacial score (nSPS) is 13.1. The van der Waals surface area contributed by atoms with E-state index in [0.717, 1.165) is 23.4 Å². The van der Waals surface area contributed by atoms with Crippen molar-refractivity contribution in [1.29, 1.82) is 0 Å². The van der Waals surface area contributed by atoms with Crippen molar-refractivity contribution in [2.75, 3.05) is 13.7 Å². The quantitative estimate of drug-likeness (QED) is 0.791. The number of ether oxygens (including phenoxy) is 1. The lowest BCUT2D eigenvalue weighted by Crippen LogP contribution is -2.11. The van der Waals surface area contributed by atoms with Gasteiger partial charge in [-0.25, -0.2) is 9.97 Å². The van der Waals surface area contributed by atoms with Crippen molar-refractivity contribution in [3.05, 3.63) is 23.1 Å². The van der Waals surface area contributed by atoms with Crippen molar-refractivity contribution in [3.63, 3.8) is 0 Å². The molecular formula is C12H15Cl2N3O. The summed E-state index contributed by atoms with van der Waals surface area (Å²) in [6.45, 7) is 2.79. The second kappa shape index (κ2) is 5.87. The maximum Gasteiger partial charge on any atom is 0.160 e. The van der Waals surface area contributed by atoms with Crippen LogP contribution >= 0.6 is 23.2 Å². The number of fused-ring (bicyclic) bond motifs is 1. The van der Waals surface area contributed by atoms with Crippen molar-refractivity contribution in [2.45, 2.75) is 25.3 Å². The molecule has 0 aliphatic rings. The van der Waals surface area contributed by atoms with Crippen molar-refractivity contribution >= 4 is 34.4 Å². The summed E-state index contributed by atoms with van der Waals surface area (Å²) in [5.41, 5.74) is 1.60. The summed E-state index contributed by atoms with van der Waals surface area (Å²) in [5.74, 6) is 1.16. The summed E-state index contributed by atoms with van der Waals surface area (Å²) in [6, 6.07) is 2.04. The first-order valence-corrected chi connectivity index (χ1v) is 6.66. The lowest BCUT2D eigenvalue weighted by atomic mass is 10.2. The Balaban J connectivity index is 2.46. The summed E-state index contributed by atoms with van der Waals surface area (Å²) in [5, 5.41) is 0.581. The maximum absolute atomic E-state index is 5.95. The smallest absolute Gasteiger partial charge is 0.160 e. The minimum Gasteiger partial charge on any atom is -0.385 e. The number of halogens is 2. The molecule has 2 aromatic rings. The predicted octanol–water partition coefficient (Wildman–Crippen LogP) is 3.42. The molecule has 0 radical (unpaired) electrons. The first kappa shape index (κ1) is 13.6. The fourth-order valence-electron chi connectivity index (χ4n) is 1.98. The van der Waals surface area contributed by atoms with Gasteiger partial charge in [0.1, 0.15) is 11.3 Å². The van der Waals surface area contributed by atoms with Gasteiger partial charge in [-0.1, -0.05) is 11.6 Å². The topological polar surface area (TPSA) is 39.9 Å². The van der Waals surface area contributed by atoms with Gasteiger partial charge in [0.25, 0.3) is 0 Å². The lowest BCUT2D eigenvalue weighted by Gasteiger charge is -2.15. The Morgan fingerprint density at radius 3 is 2.94 bits per heavy atom. The van der Waals surface area contributed by atoms with Crippen LogP contribution in [0, 0.1) is 0 Å². The van der Waals surface area contributed by atoms with Gasteiger partial charge >= 0.3 is 0 Å². The molecule has 1 unspecified atom stereocenters. The summed E-state index contributed by atoms with van der Waals surface area (Å²) in [4.78, 5) is 8.81. The molecule has 0 amide bonds. The maximum atomic E-state index is 5.95. The molecule has 0 aromatic carbocycles. The molecule has 0 fully saturated rings. The van der Waals surface area contributed by atoms with Crippen molar-refractivity contribution in [3.8, 4) is 0 Å². The van der Waals surface area contributed by atoms with E-state index in [9.17, 15) is 0 Å². The van der Waals surface area contributed by atoms with Crippen LogP contribution in [0.2, 0.25) is 5.02 Å². The minimum absolute atomic E-state index is 0.234. The van der Waals surface area contributed by atoms with E-state index in [2.05, 4.69) is 21.5 Å². The van der Waals surface area contributed by atoms with E-state index in [1.54, 1.807) is 19.4 Å². The number of pyridine rings is 1. The molecule has 0 N–H and O–H groups in total. The fourth-order valence-corrected chi connectivity index (χ4v) is 2.32. The Labute approximate surface area is 116 Å². The highest BCUT2D eigenvalue weighted by Gasteiger charge is 2.16. The number of aromatic nitrogens is 3. The molecule has 0 spiro atoms. The van der Waals surface area contributed by atoms with Crippen LogP contribution in [0.3, 0.4) is 0 Å². The summed E-state index contributed by atoms with van der Waals surface area (Å²) in [6.07, 6.45) is 2.51.